The smallest absolute Gasteiger partial charge is 0.325 e. The van der Waals surface area contributed by atoms with Crippen LogP contribution < -0.4 is 0 Å². The van der Waals surface area contributed by atoms with Crippen molar-refractivity contribution in [1.82, 2.24) is 14.7 Å². The van der Waals surface area contributed by atoms with Gasteiger partial charge in [-0.15, -0.1) is 0 Å². The Labute approximate surface area is 114 Å². The van der Waals surface area contributed by atoms with Gasteiger partial charge in [0.05, 0.1) is 13.2 Å². The maximum atomic E-state index is 12.1. The number of methoxy groups -OCH3 is 1. The summed E-state index contributed by atoms with van der Waals surface area (Å²) in [7, 11) is 5.31. The predicted octanol–water partition coefficient (Wildman–Crippen LogP) is 0.237. The fourth-order valence-electron chi connectivity index (χ4n) is 3.02. The molecule has 6 heteroatoms. The van der Waals surface area contributed by atoms with E-state index in [4.69, 9.17) is 0 Å². The Hall–Kier alpha value is -1.30. The van der Waals surface area contributed by atoms with E-state index < -0.39 is 0 Å². The van der Waals surface area contributed by atoms with Crippen molar-refractivity contribution in [1.29, 1.82) is 0 Å². The number of esters is 1. The lowest BCUT2D eigenvalue weighted by atomic mass is 9.89. The van der Waals surface area contributed by atoms with Crippen molar-refractivity contribution in [3.8, 4) is 0 Å². The average Bonchev–Trinajstić information content (AvgIpc) is 2.68. The number of piperidine rings is 1. The van der Waals surface area contributed by atoms with E-state index in [9.17, 15) is 9.59 Å². The molecule has 108 valence electrons. The van der Waals surface area contributed by atoms with Gasteiger partial charge < -0.3 is 19.4 Å². The standard InChI is InChI=1S/C13H23N3O3/c1-14-6-4-10(5-7-14)11-8-16(9-12(17)19-3)13(18)15(11)2/h10-11H,4-9H2,1-3H3. The first-order valence-electron chi connectivity index (χ1n) is 6.80. The maximum Gasteiger partial charge on any atom is 0.325 e. The Balaban J connectivity index is 1.96. The molecule has 0 aromatic rings. The van der Waals surface area contributed by atoms with Gasteiger partial charge in [-0.3, -0.25) is 4.79 Å². The molecule has 2 rings (SSSR count). The van der Waals surface area contributed by atoms with Gasteiger partial charge in [0.25, 0.3) is 0 Å². The number of carbonyl (C=O) groups is 2. The molecule has 0 N–H and O–H groups in total. The number of hydrogen-bond acceptors (Lipinski definition) is 4. The van der Waals surface area contributed by atoms with E-state index >= 15 is 0 Å². The summed E-state index contributed by atoms with van der Waals surface area (Å²) in [6.07, 6.45) is 2.23. The molecule has 0 aromatic heterocycles. The van der Waals surface area contributed by atoms with Gasteiger partial charge in [-0.1, -0.05) is 0 Å². The molecule has 0 aliphatic carbocycles. The number of likely N-dealkylation sites (tertiary alicyclic amines) is 1. The molecule has 2 saturated heterocycles. The molecule has 6 nitrogen and oxygen atoms in total. The molecule has 0 spiro atoms. The molecular formula is C13H23N3O3. The van der Waals surface area contributed by atoms with Crippen molar-refractivity contribution in [3.63, 3.8) is 0 Å². The number of rotatable bonds is 3. The Morgan fingerprint density at radius 2 is 1.95 bits per heavy atom. The molecule has 0 bridgehead atoms. The Bertz CT molecular complexity index is 353. The number of nitrogens with zero attached hydrogens (tertiary/aromatic N) is 3. The molecule has 0 aromatic carbocycles. The molecule has 0 saturated carbocycles. The molecule has 2 fully saturated rings. The number of hydrogen-bond donors (Lipinski definition) is 0. The van der Waals surface area contributed by atoms with Crippen molar-refractivity contribution in [2.24, 2.45) is 5.92 Å². The zero-order valence-corrected chi connectivity index (χ0v) is 12.0. The molecular weight excluding hydrogens is 246 g/mol. The first-order valence-corrected chi connectivity index (χ1v) is 6.80. The summed E-state index contributed by atoms with van der Waals surface area (Å²) >= 11 is 0. The normalized spacial score (nSPS) is 26.1. The maximum absolute atomic E-state index is 12.1. The average molecular weight is 269 g/mol. The molecule has 2 aliphatic rings. The Morgan fingerprint density at radius 1 is 1.32 bits per heavy atom. The number of likely N-dealkylation sites (N-methyl/N-ethyl adjacent to an activating group) is 1. The van der Waals surface area contributed by atoms with Crippen LogP contribution in [0.3, 0.4) is 0 Å². The highest BCUT2D eigenvalue weighted by Gasteiger charge is 2.40. The van der Waals surface area contributed by atoms with E-state index in [1.807, 2.05) is 7.05 Å². The van der Waals surface area contributed by atoms with Crippen LogP contribution in [0, 0.1) is 5.92 Å². The zero-order chi connectivity index (χ0) is 14.0. The first-order chi connectivity index (χ1) is 9.02. The summed E-state index contributed by atoms with van der Waals surface area (Å²) < 4.78 is 4.63. The fraction of sp³-hybridized carbons (Fsp3) is 0.846. The summed E-state index contributed by atoms with van der Waals surface area (Å²) in [5.41, 5.74) is 0. The second kappa shape index (κ2) is 5.77. The number of carbonyl (C=O) groups excluding carboxylic acids is 2. The lowest BCUT2D eigenvalue weighted by molar-refractivity contribution is -0.141. The van der Waals surface area contributed by atoms with E-state index in [0.29, 0.717) is 12.5 Å². The van der Waals surface area contributed by atoms with Crippen molar-refractivity contribution in [2.45, 2.75) is 18.9 Å². The summed E-state index contributed by atoms with van der Waals surface area (Å²) in [4.78, 5) is 29.1. The van der Waals surface area contributed by atoms with Gasteiger partial charge in [0, 0.05) is 13.6 Å². The van der Waals surface area contributed by atoms with E-state index in [0.717, 1.165) is 25.9 Å². The Kier molecular flexibility index (Phi) is 4.29. The Morgan fingerprint density at radius 3 is 2.53 bits per heavy atom. The third-order valence-electron chi connectivity index (χ3n) is 4.33. The van der Waals surface area contributed by atoms with Crippen LogP contribution in [0.1, 0.15) is 12.8 Å². The number of amides is 2. The highest BCUT2D eigenvalue weighted by molar-refractivity contribution is 5.82. The fourth-order valence-corrected chi connectivity index (χ4v) is 3.02. The minimum Gasteiger partial charge on any atom is -0.468 e. The third kappa shape index (κ3) is 3.00. The lowest BCUT2D eigenvalue weighted by Gasteiger charge is -2.34. The zero-order valence-electron chi connectivity index (χ0n) is 12.0. The number of ether oxygens (including phenoxy) is 1. The van der Waals surface area contributed by atoms with Crippen LogP contribution in [0.5, 0.6) is 0 Å². The van der Waals surface area contributed by atoms with Crippen LogP contribution in [0.2, 0.25) is 0 Å². The molecule has 19 heavy (non-hydrogen) atoms. The highest BCUT2D eigenvalue weighted by atomic mass is 16.5. The minimum absolute atomic E-state index is 0.0583. The molecule has 1 atom stereocenters. The van der Waals surface area contributed by atoms with Crippen LogP contribution in [0.15, 0.2) is 0 Å². The second-order valence-electron chi connectivity index (χ2n) is 5.56. The third-order valence-corrected chi connectivity index (χ3v) is 4.33. The first kappa shape index (κ1) is 14.1. The molecule has 2 amide bonds. The second-order valence-corrected chi connectivity index (χ2v) is 5.56. The van der Waals surface area contributed by atoms with Gasteiger partial charge in [-0.25, -0.2) is 4.79 Å². The van der Waals surface area contributed by atoms with Gasteiger partial charge in [0.1, 0.15) is 6.54 Å². The summed E-state index contributed by atoms with van der Waals surface area (Å²) in [5, 5.41) is 0. The largest absolute Gasteiger partial charge is 0.468 e. The van der Waals surface area contributed by atoms with Gasteiger partial charge in [0.15, 0.2) is 0 Å². The number of urea groups is 1. The van der Waals surface area contributed by atoms with Gasteiger partial charge in [-0.2, -0.15) is 0 Å². The van der Waals surface area contributed by atoms with Crippen molar-refractivity contribution in [3.05, 3.63) is 0 Å². The molecule has 2 heterocycles. The predicted molar refractivity (Wildman–Crippen MR) is 70.8 cm³/mol. The lowest BCUT2D eigenvalue weighted by Crippen LogP contribution is -2.42. The van der Waals surface area contributed by atoms with Gasteiger partial charge in [-0.05, 0) is 38.9 Å². The van der Waals surface area contributed by atoms with Crippen LogP contribution in [0.4, 0.5) is 4.79 Å². The monoisotopic (exact) mass is 269 g/mol. The summed E-state index contributed by atoms with van der Waals surface area (Å²) in [6, 6.07) is 0.167. The van der Waals surface area contributed by atoms with E-state index in [-0.39, 0.29) is 24.6 Å². The molecule has 2 aliphatic heterocycles. The summed E-state index contributed by atoms with van der Waals surface area (Å²) in [6.45, 7) is 2.86. The van der Waals surface area contributed by atoms with Crippen molar-refractivity contribution >= 4 is 12.0 Å². The van der Waals surface area contributed by atoms with Crippen LogP contribution in [-0.4, -0.2) is 80.1 Å². The summed E-state index contributed by atoms with van der Waals surface area (Å²) in [5.74, 6) is 0.179. The van der Waals surface area contributed by atoms with E-state index in [1.54, 1.807) is 9.80 Å². The SMILES string of the molecule is COC(=O)CN1CC(C2CCN(C)CC2)N(C)C1=O. The minimum atomic E-state index is -0.356. The van der Waals surface area contributed by atoms with Gasteiger partial charge >= 0.3 is 12.0 Å². The molecule has 0 radical (unpaired) electrons. The van der Waals surface area contributed by atoms with Crippen LogP contribution in [0.25, 0.3) is 0 Å². The van der Waals surface area contributed by atoms with Crippen molar-refractivity contribution < 1.29 is 14.3 Å². The van der Waals surface area contributed by atoms with Crippen molar-refractivity contribution in [2.75, 3.05) is 47.4 Å². The van der Waals surface area contributed by atoms with Crippen LogP contribution >= 0.6 is 0 Å². The van der Waals surface area contributed by atoms with E-state index in [1.165, 1.54) is 7.11 Å². The van der Waals surface area contributed by atoms with E-state index in [2.05, 4.69) is 16.7 Å². The van der Waals surface area contributed by atoms with Crippen LogP contribution in [-0.2, 0) is 9.53 Å². The molecule has 1 unspecified atom stereocenters. The van der Waals surface area contributed by atoms with Gasteiger partial charge in [0.2, 0.25) is 0 Å². The highest BCUT2D eigenvalue weighted by Crippen LogP contribution is 2.28. The topological polar surface area (TPSA) is 53.1 Å². The quantitative estimate of drug-likeness (QED) is 0.689.